The zero-order valence-corrected chi connectivity index (χ0v) is 8.33. The van der Waals surface area contributed by atoms with Gasteiger partial charge in [-0.25, -0.2) is 0 Å². The monoisotopic (exact) mass is 177 g/mol. The maximum Gasteiger partial charge on any atom is 0.0813 e. The topological polar surface area (TPSA) is 21.3 Å². The molecule has 0 saturated heterocycles. The van der Waals surface area contributed by atoms with Crippen molar-refractivity contribution in [2.45, 2.75) is 33.3 Å². The maximum atomic E-state index is 5.44. The van der Waals surface area contributed by atoms with Gasteiger partial charge >= 0.3 is 0 Å². The molecule has 0 aliphatic heterocycles. The van der Waals surface area contributed by atoms with Crippen LogP contribution in [-0.2, 0) is 4.84 Å². The smallest absolute Gasteiger partial charge is 0.0813 e. The molecule has 0 radical (unpaired) electrons. The molecule has 0 atom stereocenters. The predicted octanol–water partition coefficient (Wildman–Crippen LogP) is 2.45. The third kappa shape index (κ3) is 7.85. The standard InChI is InChI=1S/C8H16ClNO/c1-7(5-9)6-10-11-8(2,3)4/h5,10H,6H2,1-4H3. The molecule has 66 valence electrons. The fraction of sp³-hybridized carbons (Fsp3) is 0.750. The first-order valence-electron chi connectivity index (χ1n) is 3.62. The van der Waals surface area contributed by atoms with Crippen LogP contribution in [-0.4, -0.2) is 12.1 Å². The van der Waals surface area contributed by atoms with E-state index in [9.17, 15) is 0 Å². The number of halogens is 1. The van der Waals surface area contributed by atoms with Crippen molar-refractivity contribution in [1.29, 1.82) is 0 Å². The number of hydrogen-bond acceptors (Lipinski definition) is 2. The fourth-order valence-electron chi connectivity index (χ4n) is 0.405. The third-order valence-corrected chi connectivity index (χ3v) is 1.29. The molecule has 0 aliphatic rings. The van der Waals surface area contributed by atoms with Crippen LogP contribution in [0.3, 0.4) is 0 Å². The molecule has 0 spiro atoms. The van der Waals surface area contributed by atoms with Gasteiger partial charge in [0.2, 0.25) is 0 Å². The van der Waals surface area contributed by atoms with Crippen LogP contribution in [0.15, 0.2) is 11.1 Å². The van der Waals surface area contributed by atoms with E-state index in [1.165, 1.54) is 0 Å². The highest BCUT2D eigenvalue weighted by molar-refractivity contribution is 6.25. The molecule has 0 fully saturated rings. The van der Waals surface area contributed by atoms with Crippen molar-refractivity contribution in [2.75, 3.05) is 6.54 Å². The molecule has 0 aromatic heterocycles. The summed E-state index contributed by atoms with van der Waals surface area (Å²) in [4.78, 5) is 5.25. The molecule has 0 aromatic carbocycles. The lowest BCUT2D eigenvalue weighted by Crippen LogP contribution is -2.30. The van der Waals surface area contributed by atoms with E-state index in [4.69, 9.17) is 16.4 Å². The van der Waals surface area contributed by atoms with Gasteiger partial charge in [0, 0.05) is 12.1 Å². The lowest BCUT2D eigenvalue weighted by Gasteiger charge is -2.19. The Morgan fingerprint density at radius 1 is 1.55 bits per heavy atom. The number of nitrogens with one attached hydrogen (secondary N) is 1. The molecule has 0 aliphatic carbocycles. The van der Waals surface area contributed by atoms with Gasteiger partial charge in [0.15, 0.2) is 0 Å². The first-order chi connectivity index (χ1) is 4.95. The van der Waals surface area contributed by atoms with Crippen molar-refractivity contribution in [3.05, 3.63) is 11.1 Å². The summed E-state index contributed by atoms with van der Waals surface area (Å²) >= 11 is 5.44. The SMILES string of the molecule is CC(=CCl)CNOC(C)(C)C. The van der Waals surface area contributed by atoms with Gasteiger partial charge in [0.25, 0.3) is 0 Å². The van der Waals surface area contributed by atoms with Crippen LogP contribution in [0.2, 0.25) is 0 Å². The van der Waals surface area contributed by atoms with Crippen LogP contribution in [0, 0.1) is 0 Å². The number of rotatable bonds is 3. The molecule has 3 heteroatoms. The molecule has 11 heavy (non-hydrogen) atoms. The Morgan fingerprint density at radius 2 is 2.09 bits per heavy atom. The molecular formula is C8H16ClNO. The summed E-state index contributed by atoms with van der Waals surface area (Å²) in [6.07, 6.45) is 0. The zero-order chi connectivity index (χ0) is 8.91. The predicted molar refractivity (Wildman–Crippen MR) is 48.5 cm³/mol. The molecule has 1 N–H and O–H groups in total. The zero-order valence-electron chi connectivity index (χ0n) is 7.57. The van der Waals surface area contributed by atoms with Crippen LogP contribution < -0.4 is 5.48 Å². The molecular weight excluding hydrogens is 162 g/mol. The van der Waals surface area contributed by atoms with E-state index in [0.717, 1.165) is 5.57 Å². The molecule has 0 heterocycles. The number of hydrogen-bond donors (Lipinski definition) is 1. The highest BCUT2D eigenvalue weighted by Crippen LogP contribution is 2.03. The van der Waals surface area contributed by atoms with E-state index in [-0.39, 0.29) is 5.60 Å². The van der Waals surface area contributed by atoms with Crippen LogP contribution >= 0.6 is 11.6 Å². The van der Waals surface area contributed by atoms with Gasteiger partial charge < -0.3 is 0 Å². The normalized spacial score (nSPS) is 13.7. The van der Waals surface area contributed by atoms with Crippen LogP contribution in [0.25, 0.3) is 0 Å². The Morgan fingerprint density at radius 3 is 2.45 bits per heavy atom. The average molecular weight is 178 g/mol. The van der Waals surface area contributed by atoms with Crippen LogP contribution in [0.1, 0.15) is 27.7 Å². The van der Waals surface area contributed by atoms with Gasteiger partial charge in [-0.3, -0.25) is 4.84 Å². The highest BCUT2D eigenvalue weighted by atomic mass is 35.5. The quantitative estimate of drug-likeness (QED) is 0.669. The Labute approximate surface area is 73.5 Å². The summed E-state index contributed by atoms with van der Waals surface area (Å²) in [6.45, 7) is 8.56. The van der Waals surface area contributed by atoms with Crippen LogP contribution in [0.4, 0.5) is 0 Å². The van der Waals surface area contributed by atoms with Crippen molar-refractivity contribution in [3.63, 3.8) is 0 Å². The average Bonchev–Trinajstić information content (AvgIpc) is 1.85. The van der Waals surface area contributed by atoms with Crippen molar-refractivity contribution in [1.82, 2.24) is 5.48 Å². The molecule has 2 nitrogen and oxygen atoms in total. The second-order valence-electron chi connectivity index (χ2n) is 3.49. The largest absolute Gasteiger partial charge is 0.296 e. The summed E-state index contributed by atoms with van der Waals surface area (Å²) in [5, 5.41) is 0. The van der Waals surface area contributed by atoms with E-state index in [2.05, 4.69) is 5.48 Å². The Bertz CT molecular complexity index is 138. The maximum absolute atomic E-state index is 5.44. The second kappa shape index (κ2) is 4.75. The molecule has 0 unspecified atom stereocenters. The van der Waals surface area contributed by atoms with E-state index in [1.54, 1.807) is 5.54 Å². The summed E-state index contributed by atoms with van der Waals surface area (Å²) < 4.78 is 0. The molecule has 0 rings (SSSR count). The lowest BCUT2D eigenvalue weighted by atomic mass is 10.2. The third-order valence-electron chi connectivity index (χ3n) is 0.916. The second-order valence-corrected chi connectivity index (χ2v) is 3.71. The summed E-state index contributed by atoms with van der Waals surface area (Å²) in [5.41, 5.74) is 5.27. The van der Waals surface area contributed by atoms with E-state index >= 15 is 0 Å². The van der Waals surface area contributed by atoms with Gasteiger partial charge in [-0.05, 0) is 33.3 Å². The molecule has 0 bridgehead atoms. The Hall–Kier alpha value is -0.0500. The first-order valence-corrected chi connectivity index (χ1v) is 4.06. The Balaban J connectivity index is 3.43. The van der Waals surface area contributed by atoms with Gasteiger partial charge in [-0.15, -0.1) is 0 Å². The molecule has 0 aromatic rings. The van der Waals surface area contributed by atoms with Crippen molar-refractivity contribution >= 4 is 11.6 Å². The van der Waals surface area contributed by atoms with Crippen molar-refractivity contribution in [2.24, 2.45) is 0 Å². The lowest BCUT2D eigenvalue weighted by molar-refractivity contribution is -0.0686. The molecule has 0 saturated carbocycles. The fourth-order valence-corrected chi connectivity index (χ4v) is 0.482. The number of hydroxylamine groups is 1. The summed E-state index contributed by atoms with van der Waals surface area (Å²) in [6, 6.07) is 0. The van der Waals surface area contributed by atoms with Crippen LogP contribution in [0.5, 0.6) is 0 Å². The minimum absolute atomic E-state index is 0.146. The van der Waals surface area contributed by atoms with Gasteiger partial charge in [-0.2, -0.15) is 5.48 Å². The first kappa shape index (κ1) is 11.0. The van der Waals surface area contributed by atoms with Gasteiger partial charge in [0.1, 0.15) is 0 Å². The van der Waals surface area contributed by atoms with E-state index in [1.807, 2.05) is 27.7 Å². The van der Waals surface area contributed by atoms with E-state index in [0.29, 0.717) is 6.54 Å². The van der Waals surface area contributed by atoms with Crippen molar-refractivity contribution < 1.29 is 4.84 Å². The van der Waals surface area contributed by atoms with E-state index < -0.39 is 0 Å². The van der Waals surface area contributed by atoms with Gasteiger partial charge in [0.05, 0.1) is 5.60 Å². The van der Waals surface area contributed by atoms with Crippen molar-refractivity contribution in [3.8, 4) is 0 Å². The van der Waals surface area contributed by atoms with Gasteiger partial charge in [-0.1, -0.05) is 11.6 Å². The minimum atomic E-state index is -0.146. The summed E-state index contributed by atoms with van der Waals surface area (Å²) in [7, 11) is 0. The molecule has 0 amide bonds. The minimum Gasteiger partial charge on any atom is -0.296 e. The Kier molecular flexibility index (Phi) is 4.73. The highest BCUT2D eigenvalue weighted by Gasteiger charge is 2.09. The summed E-state index contributed by atoms with van der Waals surface area (Å²) in [5.74, 6) is 0.